The third-order valence-electron chi connectivity index (χ3n) is 1.91. The molecule has 0 saturated heterocycles. The summed E-state index contributed by atoms with van der Waals surface area (Å²) in [4.78, 5) is 0. The summed E-state index contributed by atoms with van der Waals surface area (Å²) in [5, 5.41) is 0. The summed E-state index contributed by atoms with van der Waals surface area (Å²) in [5.74, 6) is 0. The van der Waals surface area contributed by atoms with Crippen molar-refractivity contribution in [1.82, 2.24) is 0 Å². The van der Waals surface area contributed by atoms with Gasteiger partial charge in [-0.1, -0.05) is 144 Å². The summed E-state index contributed by atoms with van der Waals surface area (Å²) >= 11 is 24.3. The Labute approximate surface area is 156 Å². The Kier molecular flexibility index (Phi) is 9.19. The lowest BCUT2D eigenvalue weighted by Crippen LogP contribution is -2.44. The Balaban J connectivity index is 4.56. The van der Waals surface area contributed by atoms with Crippen molar-refractivity contribution in [2.45, 2.75) is 40.3 Å². The molecule has 0 aromatic rings. The molecule has 0 atom stereocenters. The largest absolute Gasteiger partial charge is 0.158 e. The maximum absolute atomic E-state index is 3.73. The molecule has 15 heavy (non-hydrogen) atoms. The van der Waals surface area contributed by atoms with Gasteiger partial charge in [-0.25, -0.2) is 0 Å². The van der Waals surface area contributed by atoms with Gasteiger partial charge in [0.2, 0.25) is 0 Å². The van der Waals surface area contributed by atoms with Crippen molar-refractivity contribution in [3.05, 3.63) is 0 Å². The molecule has 0 saturated carbocycles. The maximum Gasteiger partial charge on any atom is 0.158 e. The zero-order valence-corrected chi connectivity index (χ0v) is 19.6. The lowest BCUT2D eigenvalue weighted by molar-refractivity contribution is 0.619. The highest BCUT2D eigenvalue weighted by Gasteiger charge is 2.55. The summed E-state index contributed by atoms with van der Waals surface area (Å²) in [7, 11) is 0. The van der Waals surface area contributed by atoms with Crippen LogP contribution < -0.4 is 0 Å². The number of unbranched alkanes of at least 4 members (excludes halogenated alkanes) is 2. The Bertz CT molecular complexity index is 198. The number of hydrogen-bond donors (Lipinski definition) is 0. The molecule has 0 fully saturated rings. The fourth-order valence-corrected chi connectivity index (χ4v) is 5.46. The van der Waals surface area contributed by atoms with Gasteiger partial charge in [-0.3, -0.25) is 0 Å². The topological polar surface area (TPSA) is 0 Å². The maximum atomic E-state index is 3.73. The molecule has 0 amide bonds. The average molecular weight is 714 g/mol. The fraction of sp³-hybridized carbons (Fsp3) is 1.00. The summed E-state index contributed by atoms with van der Waals surface area (Å²) in [6.45, 7) is 2.21. The molecule has 0 aliphatic carbocycles. The highest BCUT2D eigenvalue weighted by atomic mass is 127. The minimum Gasteiger partial charge on any atom is -0.0701 e. The summed E-state index contributed by atoms with van der Waals surface area (Å²) in [6, 6.07) is 0. The van der Waals surface area contributed by atoms with Gasteiger partial charge >= 0.3 is 0 Å². The summed E-state index contributed by atoms with van der Waals surface area (Å²) in [5.41, 5.74) is 0. The van der Waals surface area contributed by atoms with E-state index in [-0.39, 0.29) is 7.71 Å². The Hall–Kier alpha value is 3.61. The molecule has 92 valence electrons. The van der Waals surface area contributed by atoms with E-state index in [9.17, 15) is 0 Å². The molecule has 0 rings (SSSR count). The molecule has 0 spiro atoms. The normalized spacial score (nSPS) is 14.4. The highest BCUT2D eigenvalue weighted by molar-refractivity contribution is 14.1. The van der Waals surface area contributed by atoms with E-state index >= 15 is 0 Å². The molecule has 0 aromatic heterocycles. The number of rotatable bonds is 6. The summed E-state index contributed by atoms with van der Waals surface area (Å²) < 4.78 is -0.839. The van der Waals surface area contributed by atoms with Crippen LogP contribution in [0.3, 0.4) is 0 Å². The molecule has 0 aromatic carbocycles. The van der Waals surface area contributed by atoms with Crippen LogP contribution in [0.15, 0.2) is 0 Å². The van der Waals surface area contributed by atoms with E-state index in [1.165, 1.54) is 19.3 Å². The average Bonchev–Trinajstić information content (AvgIpc) is 2.02. The van der Waals surface area contributed by atoms with E-state index < -0.39 is 0 Å². The zero-order chi connectivity index (χ0) is 12.3. The van der Waals surface area contributed by atoms with Crippen LogP contribution in [-0.4, -0.2) is 7.71 Å². The van der Waals surface area contributed by atoms with Gasteiger partial charge in [-0.15, -0.1) is 0 Å². The van der Waals surface area contributed by atoms with Crippen molar-refractivity contribution in [3.8, 4) is 0 Å². The van der Waals surface area contributed by atoms with Crippen molar-refractivity contribution in [1.29, 1.82) is 0 Å². The predicted molar refractivity (Wildman–Crippen MR) is 99.9 cm³/mol. The van der Waals surface area contributed by atoms with E-state index in [2.05, 4.69) is 125 Å². The molecule has 0 N–H and O–H groups in total. The quantitative estimate of drug-likeness (QED) is 0.153. The van der Waals surface area contributed by atoms with E-state index in [1.54, 1.807) is 0 Å². The first kappa shape index (κ1) is 18.6. The SMILES string of the molecule is CCCCCC(Br)(Br)C(Br)(Br)C(Br)(Br)I. The molecule has 0 unspecified atom stereocenters. The standard InChI is InChI=1S/C8H11Br6I/c1-2-3-4-5-6(9,10)7(11,12)8(13,14)15/h2-5H2,1H3. The van der Waals surface area contributed by atoms with E-state index in [0.29, 0.717) is 0 Å². The van der Waals surface area contributed by atoms with E-state index in [0.717, 1.165) is 6.42 Å². The fourth-order valence-electron chi connectivity index (χ4n) is 0.961. The Morgan fingerprint density at radius 2 is 1.40 bits per heavy atom. The number of halogens is 7. The van der Waals surface area contributed by atoms with E-state index in [4.69, 9.17) is 0 Å². The van der Waals surface area contributed by atoms with Crippen LogP contribution in [0.5, 0.6) is 0 Å². The molecule has 0 bridgehead atoms. The van der Waals surface area contributed by atoms with Crippen molar-refractivity contribution in [3.63, 3.8) is 0 Å². The van der Waals surface area contributed by atoms with Crippen LogP contribution in [-0.2, 0) is 0 Å². The van der Waals surface area contributed by atoms with Crippen LogP contribution >= 0.6 is 118 Å². The van der Waals surface area contributed by atoms with Crippen LogP contribution in [0.2, 0.25) is 0 Å². The van der Waals surface area contributed by atoms with E-state index in [1.807, 2.05) is 0 Å². The van der Waals surface area contributed by atoms with Gasteiger partial charge in [0.25, 0.3) is 0 Å². The van der Waals surface area contributed by atoms with Gasteiger partial charge in [0.05, 0.1) is 0 Å². The first-order valence-electron chi connectivity index (χ1n) is 4.38. The lowest BCUT2D eigenvalue weighted by Gasteiger charge is -2.40. The minimum atomic E-state index is -0.339. The Morgan fingerprint density at radius 3 is 1.73 bits per heavy atom. The second-order valence-electron chi connectivity index (χ2n) is 3.23. The highest BCUT2D eigenvalue weighted by Crippen LogP contribution is 2.64. The lowest BCUT2D eigenvalue weighted by atomic mass is 10.1. The first-order chi connectivity index (χ1) is 6.56. The van der Waals surface area contributed by atoms with Crippen molar-refractivity contribution < 1.29 is 0 Å². The summed E-state index contributed by atoms with van der Waals surface area (Å²) in [6.07, 6.45) is 4.68. The van der Waals surface area contributed by atoms with Gasteiger partial charge in [-0.05, 0) is 6.42 Å². The zero-order valence-electron chi connectivity index (χ0n) is 7.97. The van der Waals surface area contributed by atoms with Gasteiger partial charge in [-0.2, -0.15) is 0 Å². The van der Waals surface area contributed by atoms with Crippen molar-refractivity contribution >= 4 is 118 Å². The second-order valence-corrected chi connectivity index (χ2v) is 18.5. The number of hydrogen-bond acceptors (Lipinski definition) is 0. The van der Waals surface area contributed by atoms with Gasteiger partial charge in [0.1, 0.15) is 6.47 Å². The Morgan fingerprint density at radius 1 is 0.933 bits per heavy atom. The molecule has 0 heterocycles. The molecule has 0 radical (unpaired) electrons. The first-order valence-corrected chi connectivity index (χ1v) is 10.2. The van der Waals surface area contributed by atoms with Gasteiger partial charge in [0, 0.05) is 0 Å². The molecule has 7 heteroatoms. The molecular formula is C8H11Br6I. The van der Waals surface area contributed by atoms with Gasteiger partial charge < -0.3 is 0 Å². The minimum absolute atomic E-state index is 0.212. The smallest absolute Gasteiger partial charge is 0.0701 e. The van der Waals surface area contributed by atoms with Gasteiger partial charge in [0.15, 0.2) is 1.24 Å². The van der Waals surface area contributed by atoms with Crippen LogP contribution in [0.4, 0.5) is 0 Å². The third kappa shape index (κ3) is 5.63. The molecule has 0 aliphatic heterocycles. The second kappa shape index (κ2) is 7.41. The van der Waals surface area contributed by atoms with Crippen LogP contribution in [0.25, 0.3) is 0 Å². The number of alkyl halides is 7. The van der Waals surface area contributed by atoms with Crippen molar-refractivity contribution in [2.24, 2.45) is 0 Å². The predicted octanol–water partition coefficient (Wildman–Crippen LogP) is 7.42. The van der Waals surface area contributed by atoms with Crippen LogP contribution in [0.1, 0.15) is 32.6 Å². The monoisotopic (exact) mass is 708 g/mol. The van der Waals surface area contributed by atoms with Crippen molar-refractivity contribution in [2.75, 3.05) is 0 Å². The third-order valence-corrected chi connectivity index (χ3v) is 14.2. The molecule has 0 nitrogen and oxygen atoms in total. The van der Waals surface area contributed by atoms with Crippen LogP contribution in [0, 0.1) is 0 Å². The molecule has 0 aliphatic rings. The molecular weight excluding hydrogens is 702 g/mol.